The standard InChI is InChI=1S/C46H82NO8P/c1-6-7-8-9-10-11-12-13-21-24-27-30-33-36-40-52-42-45(43-54-56(50,51)53-41-39-47(3,4)5)55-46(49)38-35-32-29-26-23-20-18-16-14-15-17-19-22-25-28-31-34-37-44(2)48/h14,16-17,19-20,23,25,28-29,32,34,37,44-45,48H,6-13,15,18,21-22,24,26-27,30-31,33,35-36,38-43H2,1-5H3/b16-14+,19-17+,23-20+,28-25+,32-29+,37-34-. The molecule has 0 heterocycles. The van der Waals surface area contributed by atoms with Crippen molar-refractivity contribution >= 4 is 13.8 Å². The van der Waals surface area contributed by atoms with Crippen molar-refractivity contribution in [3.05, 3.63) is 72.9 Å². The van der Waals surface area contributed by atoms with E-state index in [4.69, 9.17) is 18.5 Å². The lowest BCUT2D eigenvalue weighted by molar-refractivity contribution is -0.870. The number of rotatable bonds is 39. The maximum atomic E-state index is 12.6. The number of phosphoric acid groups is 1. The van der Waals surface area contributed by atoms with Gasteiger partial charge in [0.25, 0.3) is 7.82 Å². The van der Waals surface area contributed by atoms with Gasteiger partial charge in [0.05, 0.1) is 40.5 Å². The van der Waals surface area contributed by atoms with Crippen LogP contribution in [-0.2, 0) is 27.9 Å². The van der Waals surface area contributed by atoms with Crippen LogP contribution in [0.1, 0.15) is 149 Å². The molecule has 0 fully saturated rings. The van der Waals surface area contributed by atoms with Gasteiger partial charge in [-0.3, -0.25) is 9.36 Å². The molecule has 0 rings (SSSR count). The second kappa shape index (κ2) is 38.4. The van der Waals surface area contributed by atoms with Crippen LogP contribution in [0.3, 0.4) is 0 Å². The minimum absolute atomic E-state index is 0.00509. The van der Waals surface area contributed by atoms with Gasteiger partial charge >= 0.3 is 5.97 Å². The quantitative estimate of drug-likeness (QED) is 0.0215. The third-order valence-electron chi connectivity index (χ3n) is 8.80. The predicted octanol–water partition coefficient (Wildman–Crippen LogP) is 11.1. The Labute approximate surface area is 343 Å². The number of esters is 1. The van der Waals surface area contributed by atoms with Crippen LogP contribution in [0.25, 0.3) is 0 Å². The second-order valence-corrected chi connectivity index (χ2v) is 17.0. The van der Waals surface area contributed by atoms with Crippen LogP contribution in [0, 0.1) is 0 Å². The fourth-order valence-electron chi connectivity index (χ4n) is 5.47. The molecule has 0 amide bonds. The van der Waals surface area contributed by atoms with E-state index in [9.17, 15) is 19.4 Å². The number of hydrogen-bond donors (Lipinski definition) is 1. The average molecular weight is 808 g/mol. The van der Waals surface area contributed by atoms with Crippen LogP contribution in [0.15, 0.2) is 72.9 Å². The summed E-state index contributed by atoms with van der Waals surface area (Å²) in [4.78, 5) is 25.0. The van der Waals surface area contributed by atoms with Gasteiger partial charge in [-0.1, -0.05) is 163 Å². The molecule has 0 saturated heterocycles. The summed E-state index contributed by atoms with van der Waals surface area (Å²) in [6.07, 6.45) is 46.4. The summed E-state index contributed by atoms with van der Waals surface area (Å²) < 4.78 is 34.4. The maximum Gasteiger partial charge on any atom is 0.306 e. The molecular weight excluding hydrogens is 725 g/mol. The molecule has 0 aromatic carbocycles. The first-order chi connectivity index (χ1) is 26.9. The molecule has 0 spiro atoms. The van der Waals surface area contributed by atoms with E-state index in [1.807, 2.05) is 39.4 Å². The van der Waals surface area contributed by atoms with Crippen molar-refractivity contribution in [1.82, 2.24) is 0 Å². The molecule has 9 nitrogen and oxygen atoms in total. The molecule has 0 bridgehead atoms. The number of hydrogen-bond acceptors (Lipinski definition) is 8. The van der Waals surface area contributed by atoms with Crippen molar-refractivity contribution in [3.63, 3.8) is 0 Å². The molecule has 0 aromatic rings. The third-order valence-corrected chi connectivity index (χ3v) is 9.76. The number of phosphoric ester groups is 1. The first-order valence-corrected chi connectivity index (χ1v) is 23.2. The Bertz CT molecular complexity index is 1140. The number of carbonyl (C=O) groups excluding carboxylic acids is 1. The molecule has 0 aliphatic heterocycles. The van der Waals surface area contributed by atoms with Crippen molar-refractivity contribution in [2.24, 2.45) is 0 Å². The van der Waals surface area contributed by atoms with Crippen molar-refractivity contribution < 1.29 is 42.4 Å². The molecule has 56 heavy (non-hydrogen) atoms. The molecule has 0 aromatic heterocycles. The van der Waals surface area contributed by atoms with Gasteiger partial charge in [0.1, 0.15) is 19.3 Å². The fraction of sp³-hybridized carbons (Fsp3) is 0.717. The fourth-order valence-corrected chi connectivity index (χ4v) is 6.19. The van der Waals surface area contributed by atoms with E-state index >= 15 is 0 Å². The summed E-state index contributed by atoms with van der Waals surface area (Å²) in [5, 5.41) is 9.18. The average Bonchev–Trinajstić information content (AvgIpc) is 3.13. The molecule has 0 aliphatic rings. The molecule has 10 heteroatoms. The minimum Gasteiger partial charge on any atom is -0.756 e. The summed E-state index contributed by atoms with van der Waals surface area (Å²) in [5.41, 5.74) is 0. The van der Waals surface area contributed by atoms with E-state index in [1.54, 1.807) is 13.0 Å². The number of likely N-dealkylation sites (N-methyl/N-ethyl adjacent to an activating group) is 1. The monoisotopic (exact) mass is 808 g/mol. The Morgan fingerprint density at radius 2 is 1.09 bits per heavy atom. The van der Waals surface area contributed by atoms with Gasteiger partial charge in [-0.2, -0.15) is 0 Å². The highest BCUT2D eigenvalue weighted by atomic mass is 31.2. The molecule has 0 saturated carbocycles. The third kappa shape index (κ3) is 43.0. The summed E-state index contributed by atoms with van der Waals surface area (Å²) in [6, 6.07) is 0. The summed E-state index contributed by atoms with van der Waals surface area (Å²) in [6.45, 7) is 4.75. The minimum atomic E-state index is -4.55. The summed E-state index contributed by atoms with van der Waals surface area (Å²) in [7, 11) is 1.28. The summed E-state index contributed by atoms with van der Waals surface area (Å²) >= 11 is 0. The zero-order chi connectivity index (χ0) is 41.4. The Hall–Kier alpha value is -2.10. The van der Waals surface area contributed by atoms with Gasteiger partial charge in [-0.25, -0.2) is 0 Å². The Balaban J connectivity index is 4.39. The van der Waals surface area contributed by atoms with Crippen molar-refractivity contribution in [3.8, 4) is 0 Å². The smallest absolute Gasteiger partial charge is 0.306 e. The lowest BCUT2D eigenvalue weighted by Crippen LogP contribution is -2.37. The number of nitrogens with zero attached hydrogens (tertiary/aromatic N) is 1. The second-order valence-electron chi connectivity index (χ2n) is 15.6. The van der Waals surface area contributed by atoms with Crippen molar-refractivity contribution in [2.75, 3.05) is 54.1 Å². The van der Waals surface area contributed by atoms with Gasteiger partial charge in [0, 0.05) is 13.0 Å². The highest BCUT2D eigenvalue weighted by molar-refractivity contribution is 7.45. The molecule has 0 aliphatic carbocycles. The molecular formula is C46H82NO8P. The molecule has 3 unspecified atom stereocenters. The Morgan fingerprint density at radius 3 is 1.55 bits per heavy atom. The Kier molecular flexibility index (Phi) is 37.0. The topological polar surface area (TPSA) is 114 Å². The largest absolute Gasteiger partial charge is 0.756 e. The first-order valence-electron chi connectivity index (χ1n) is 21.7. The van der Waals surface area contributed by atoms with E-state index in [0.717, 1.165) is 44.9 Å². The number of carbonyl (C=O) groups is 1. The maximum absolute atomic E-state index is 12.6. The number of aliphatic hydroxyl groups excluding tert-OH is 1. The SMILES string of the molecule is CCCCCCCCCCCCCCCCOCC(COP(=O)([O-])OCC[N+](C)(C)C)OC(=O)CC/C=C/C/C=C/C/C=C/C/C=C/C/C=C/C/C=C\C(C)O. The van der Waals surface area contributed by atoms with E-state index in [-0.39, 0.29) is 26.2 Å². The van der Waals surface area contributed by atoms with Crippen molar-refractivity contribution in [1.29, 1.82) is 0 Å². The van der Waals surface area contributed by atoms with Gasteiger partial charge < -0.3 is 33.0 Å². The molecule has 1 N–H and O–H groups in total. The van der Waals surface area contributed by atoms with Gasteiger partial charge in [-0.15, -0.1) is 0 Å². The number of quaternary nitrogens is 1. The van der Waals surface area contributed by atoms with Gasteiger partial charge in [0.15, 0.2) is 0 Å². The van der Waals surface area contributed by atoms with Gasteiger partial charge in [0.2, 0.25) is 0 Å². The zero-order valence-electron chi connectivity index (χ0n) is 36.2. The van der Waals surface area contributed by atoms with Crippen LogP contribution >= 0.6 is 7.82 Å². The summed E-state index contributed by atoms with van der Waals surface area (Å²) in [5.74, 6) is -0.425. The van der Waals surface area contributed by atoms with E-state index < -0.39 is 26.0 Å². The van der Waals surface area contributed by atoms with Crippen molar-refractivity contribution in [2.45, 2.75) is 161 Å². The highest BCUT2D eigenvalue weighted by Gasteiger charge is 2.20. The van der Waals surface area contributed by atoms with Crippen LogP contribution in [0.2, 0.25) is 0 Å². The predicted molar refractivity (Wildman–Crippen MR) is 232 cm³/mol. The lowest BCUT2D eigenvalue weighted by Gasteiger charge is -2.28. The Morgan fingerprint density at radius 1 is 0.643 bits per heavy atom. The van der Waals surface area contributed by atoms with Crippen LogP contribution < -0.4 is 4.89 Å². The van der Waals surface area contributed by atoms with E-state index in [2.05, 4.69) is 55.5 Å². The number of ether oxygens (including phenoxy) is 2. The number of allylic oxidation sites excluding steroid dienone is 11. The molecule has 3 atom stereocenters. The molecule has 324 valence electrons. The molecule has 0 radical (unpaired) electrons. The van der Waals surface area contributed by atoms with E-state index in [1.165, 1.54) is 77.0 Å². The number of aliphatic hydroxyl groups is 1. The zero-order valence-corrected chi connectivity index (χ0v) is 37.1. The van der Waals surface area contributed by atoms with Crippen LogP contribution in [-0.4, -0.2) is 81.9 Å². The number of unbranched alkanes of at least 4 members (excludes halogenated alkanes) is 13. The van der Waals surface area contributed by atoms with Crippen LogP contribution in [0.5, 0.6) is 0 Å². The normalized spacial score (nSPS) is 15.1. The van der Waals surface area contributed by atoms with Gasteiger partial charge in [-0.05, 0) is 51.9 Å². The lowest BCUT2D eigenvalue weighted by atomic mass is 10.0. The first kappa shape index (κ1) is 53.9. The van der Waals surface area contributed by atoms with Crippen LogP contribution in [0.4, 0.5) is 0 Å². The van der Waals surface area contributed by atoms with E-state index in [0.29, 0.717) is 24.1 Å². The highest BCUT2D eigenvalue weighted by Crippen LogP contribution is 2.38.